The minimum absolute atomic E-state index is 0.0736. The maximum absolute atomic E-state index is 14.1. The summed E-state index contributed by atoms with van der Waals surface area (Å²) in [5.74, 6) is 0.176. The van der Waals surface area contributed by atoms with Crippen LogP contribution < -0.4 is 9.47 Å². The summed E-state index contributed by atoms with van der Waals surface area (Å²) >= 11 is 0. The van der Waals surface area contributed by atoms with E-state index in [9.17, 15) is 15.0 Å². The van der Waals surface area contributed by atoms with Crippen LogP contribution in [0.4, 0.5) is 4.79 Å². The highest BCUT2D eigenvalue weighted by Crippen LogP contribution is 2.62. The molecule has 2 N–H and O–H groups in total. The van der Waals surface area contributed by atoms with E-state index in [1.807, 2.05) is 63.2 Å². The Morgan fingerprint density at radius 2 is 1.68 bits per heavy atom. The van der Waals surface area contributed by atoms with Crippen LogP contribution in [0.5, 0.6) is 17.2 Å². The number of rotatable bonds is 18. The van der Waals surface area contributed by atoms with Crippen molar-refractivity contribution in [3.05, 3.63) is 103 Å². The summed E-state index contributed by atoms with van der Waals surface area (Å²) < 4.78 is 32.9. The zero-order valence-corrected chi connectivity index (χ0v) is 37.0. The number of unbranched alkanes of at least 4 members (excludes halogenated alkanes) is 2. The number of aliphatic hydroxyl groups is 2. The van der Waals surface area contributed by atoms with Gasteiger partial charge in [0.05, 0.1) is 31.5 Å². The Hall–Kier alpha value is -4.68. The maximum atomic E-state index is 14.1. The summed E-state index contributed by atoms with van der Waals surface area (Å²) in [5.41, 5.74) is 4.64. The largest absolute Gasteiger partial charge is 0.459 e. The number of carbonyl (C=O) groups is 1. The SMILES string of the molecule is C=CCOC12Oc3ccc(Oc4ccc(-c5ccccc5)cc4)cc3C3C(CCCCO)C(CCCCO)C=C(C(=NOC4CCCCO4)CC1N(C)C(=O)OCC(C)(C)C)C32. The first-order valence-corrected chi connectivity index (χ1v) is 22.6. The minimum Gasteiger partial charge on any atom is -0.459 e. The lowest BCUT2D eigenvalue weighted by Gasteiger charge is -2.59. The quantitative estimate of drug-likeness (QED) is 0.0730. The lowest BCUT2D eigenvalue weighted by atomic mass is 9.55. The van der Waals surface area contributed by atoms with Gasteiger partial charge >= 0.3 is 6.09 Å². The zero-order chi connectivity index (χ0) is 43.7. The molecule has 7 unspecified atom stereocenters. The number of carbonyl (C=O) groups excluding carboxylic acids is 1. The summed E-state index contributed by atoms with van der Waals surface area (Å²) in [6.07, 6.45) is 10.8. The van der Waals surface area contributed by atoms with Crippen molar-refractivity contribution in [2.75, 3.05) is 40.1 Å². The first-order valence-electron chi connectivity index (χ1n) is 22.6. The summed E-state index contributed by atoms with van der Waals surface area (Å²) in [6.45, 7) is 11.3. The van der Waals surface area contributed by atoms with Gasteiger partial charge in [-0.25, -0.2) is 4.79 Å². The first-order chi connectivity index (χ1) is 30.0. The van der Waals surface area contributed by atoms with E-state index in [1.54, 1.807) is 18.0 Å². The molecule has 1 saturated carbocycles. The second-order valence-electron chi connectivity index (χ2n) is 18.4. The van der Waals surface area contributed by atoms with E-state index >= 15 is 0 Å². The van der Waals surface area contributed by atoms with Crippen LogP contribution >= 0.6 is 0 Å². The molecule has 1 amide bonds. The third-order valence-corrected chi connectivity index (χ3v) is 12.6. The fourth-order valence-electron chi connectivity index (χ4n) is 9.70. The Morgan fingerprint density at radius 1 is 0.952 bits per heavy atom. The molecule has 7 atom stereocenters. The second-order valence-corrected chi connectivity index (χ2v) is 18.4. The molecule has 2 heterocycles. The number of fused-ring (bicyclic) bond motifs is 2. The predicted octanol–water partition coefficient (Wildman–Crippen LogP) is 10.4. The van der Waals surface area contributed by atoms with Gasteiger partial charge < -0.3 is 43.6 Å². The standard InChI is InChI=1S/C51H66N2O9/c1-6-29-59-51-45(53(5)49(56)58-34-50(2,3)4)33-43(52-62-46-20-12-15-30-57-46)41-31-37(18-10-13-27-54)40(19-11-14-28-55)47(48(41)51)42-32-39(25-26-44(42)61-51)60-38-23-21-36(22-24-38)35-16-8-7-9-17-35/h6-9,16-17,21-26,31-32,37,40,45-48,54-55H,1,10-15,18-20,27-30,33-34H2,2-5H3. The summed E-state index contributed by atoms with van der Waals surface area (Å²) in [7, 11) is 1.75. The fourth-order valence-corrected chi connectivity index (χ4v) is 9.70. The topological polar surface area (TPSA) is 129 Å². The molecular weight excluding hydrogens is 785 g/mol. The second kappa shape index (κ2) is 20.7. The van der Waals surface area contributed by atoms with E-state index in [-0.39, 0.29) is 56.0 Å². The molecular formula is C51H66N2O9. The number of hydrogen-bond donors (Lipinski definition) is 2. The van der Waals surface area contributed by atoms with Crippen molar-refractivity contribution >= 4 is 11.8 Å². The average molecular weight is 851 g/mol. The molecule has 334 valence electrons. The molecule has 2 aliphatic heterocycles. The molecule has 2 fully saturated rings. The van der Waals surface area contributed by atoms with Crippen LogP contribution in [0.25, 0.3) is 11.1 Å². The maximum Gasteiger partial charge on any atom is 0.410 e. The molecule has 0 aromatic heterocycles. The number of allylic oxidation sites excluding steroid dienone is 1. The van der Waals surface area contributed by atoms with Crippen LogP contribution in [0, 0.1) is 23.2 Å². The highest BCUT2D eigenvalue weighted by atomic mass is 16.8. The van der Waals surface area contributed by atoms with Crippen molar-refractivity contribution in [2.45, 2.75) is 109 Å². The minimum atomic E-state index is -1.38. The normalized spacial score (nSPS) is 26.0. The Balaban J connectivity index is 1.37. The van der Waals surface area contributed by atoms with Crippen molar-refractivity contribution in [1.29, 1.82) is 0 Å². The highest BCUT2D eigenvalue weighted by Gasteiger charge is 2.65. The Morgan fingerprint density at radius 3 is 2.37 bits per heavy atom. The molecule has 0 bridgehead atoms. The van der Waals surface area contributed by atoms with Crippen molar-refractivity contribution in [1.82, 2.24) is 4.90 Å². The lowest BCUT2D eigenvalue weighted by molar-refractivity contribution is -0.254. The molecule has 0 spiro atoms. The van der Waals surface area contributed by atoms with E-state index in [2.05, 4.69) is 43.0 Å². The predicted molar refractivity (Wildman–Crippen MR) is 240 cm³/mol. The molecule has 3 aromatic carbocycles. The monoisotopic (exact) mass is 850 g/mol. The van der Waals surface area contributed by atoms with Crippen LogP contribution in [0.3, 0.4) is 0 Å². The summed E-state index contributed by atoms with van der Waals surface area (Å²) in [4.78, 5) is 22.0. The third kappa shape index (κ3) is 10.4. The number of likely N-dealkylation sites (N-methyl/N-ethyl adjacent to an activating group) is 1. The number of hydrogen-bond acceptors (Lipinski definition) is 10. The van der Waals surface area contributed by atoms with E-state index in [0.717, 1.165) is 67.2 Å². The van der Waals surface area contributed by atoms with Gasteiger partial charge in [0.1, 0.15) is 23.3 Å². The lowest BCUT2D eigenvalue weighted by Crippen LogP contribution is -2.69. The fraction of sp³-hybridized carbons (Fsp3) is 0.529. The number of oxime groups is 1. The molecule has 3 aromatic rings. The molecule has 2 aliphatic carbocycles. The van der Waals surface area contributed by atoms with Crippen molar-refractivity contribution in [2.24, 2.45) is 28.3 Å². The molecule has 62 heavy (non-hydrogen) atoms. The third-order valence-electron chi connectivity index (χ3n) is 12.6. The number of aliphatic hydroxyl groups excluding tert-OH is 2. The van der Waals surface area contributed by atoms with Crippen LogP contribution in [0.2, 0.25) is 0 Å². The van der Waals surface area contributed by atoms with Gasteiger partial charge in [-0.2, -0.15) is 0 Å². The van der Waals surface area contributed by atoms with Gasteiger partial charge in [0, 0.05) is 44.6 Å². The van der Waals surface area contributed by atoms with Gasteiger partial charge in [0.2, 0.25) is 12.1 Å². The average Bonchev–Trinajstić information content (AvgIpc) is 3.28. The molecule has 1 saturated heterocycles. The number of amides is 1. The van der Waals surface area contributed by atoms with E-state index in [0.29, 0.717) is 42.4 Å². The van der Waals surface area contributed by atoms with E-state index < -0.39 is 30.1 Å². The Kier molecular flexibility index (Phi) is 15.1. The molecule has 7 rings (SSSR count). The van der Waals surface area contributed by atoms with Gasteiger partial charge in [-0.1, -0.05) is 93.4 Å². The van der Waals surface area contributed by atoms with Gasteiger partial charge in [-0.3, -0.25) is 0 Å². The van der Waals surface area contributed by atoms with Crippen LogP contribution in [-0.4, -0.2) is 85.1 Å². The van der Waals surface area contributed by atoms with E-state index in [4.69, 9.17) is 33.7 Å². The Bertz CT molecular complexity index is 2010. The Labute approximate surface area is 367 Å². The summed E-state index contributed by atoms with van der Waals surface area (Å²) in [5, 5.41) is 24.8. The zero-order valence-electron chi connectivity index (χ0n) is 37.0. The smallest absolute Gasteiger partial charge is 0.410 e. The summed E-state index contributed by atoms with van der Waals surface area (Å²) in [6, 6.07) is 23.7. The molecule has 11 nitrogen and oxygen atoms in total. The molecule has 11 heteroatoms. The molecule has 4 aliphatic rings. The van der Waals surface area contributed by atoms with Gasteiger partial charge in [0.15, 0.2) is 0 Å². The van der Waals surface area contributed by atoms with Crippen molar-refractivity contribution in [3.63, 3.8) is 0 Å². The van der Waals surface area contributed by atoms with Crippen LogP contribution in [-0.2, 0) is 19.0 Å². The first kappa shape index (κ1) is 45.3. The van der Waals surface area contributed by atoms with Gasteiger partial charge in [0.25, 0.3) is 0 Å². The van der Waals surface area contributed by atoms with Crippen LogP contribution in [0.1, 0.15) is 96.5 Å². The van der Waals surface area contributed by atoms with Crippen molar-refractivity contribution < 1.29 is 43.5 Å². The van der Waals surface area contributed by atoms with Gasteiger partial charge in [-0.05, 0) is 103 Å². The van der Waals surface area contributed by atoms with Crippen LogP contribution in [0.15, 0.2) is 102 Å². The highest BCUT2D eigenvalue weighted by molar-refractivity contribution is 6.03. The number of nitrogens with zero attached hydrogens (tertiary/aromatic N) is 2. The van der Waals surface area contributed by atoms with Crippen molar-refractivity contribution in [3.8, 4) is 28.4 Å². The molecule has 0 radical (unpaired) electrons. The van der Waals surface area contributed by atoms with E-state index in [1.165, 1.54) is 0 Å². The number of benzene rings is 3. The van der Waals surface area contributed by atoms with Gasteiger partial charge in [-0.15, -0.1) is 6.58 Å². The number of ether oxygens (including phenoxy) is 5.